The standard InChI is InChI=1S/C10H20F2/c1-2-3-4-5-6-7-8-10(12)9-11/h10H,2-9H2,1H3. The number of hydrogen-bond donors (Lipinski definition) is 0. The lowest BCUT2D eigenvalue weighted by Crippen LogP contribution is -2.01. The van der Waals surface area contributed by atoms with Crippen LogP contribution in [0, 0.1) is 0 Å². The van der Waals surface area contributed by atoms with Crippen LogP contribution in [0.5, 0.6) is 0 Å². The van der Waals surface area contributed by atoms with Crippen LogP contribution in [0.3, 0.4) is 0 Å². The van der Waals surface area contributed by atoms with Crippen LogP contribution in [0.15, 0.2) is 0 Å². The molecule has 0 rings (SSSR count). The molecule has 0 nitrogen and oxygen atoms in total. The molecular formula is C10H20F2. The van der Waals surface area contributed by atoms with Crippen molar-refractivity contribution in [2.75, 3.05) is 6.67 Å². The van der Waals surface area contributed by atoms with Crippen molar-refractivity contribution in [2.45, 2.75) is 58.0 Å². The Labute approximate surface area is 74.4 Å². The second-order valence-electron chi connectivity index (χ2n) is 3.31. The monoisotopic (exact) mass is 178 g/mol. The maximum Gasteiger partial charge on any atom is 0.128 e. The molecule has 0 heterocycles. The van der Waals surface area contributed by atoms with Gasteiger partial charge in [0.1, 0.15) is 12.8 Å². The van der Waals surface area contributed by atoms with Crippen molar-refractivity contribution in [3.8, 4) is 0 Å². The molecule has 0 aliphatic carbocycles. The molecule has 0 aromatic heterocycles. The lowest BCUT2D eigenvalue weighted by Gasteiger charge is -2.02. The first-order valence-electron chi connectivity index (χ1n) is 5.01. The van der Waals surface area contributed by atoms with Crippen LogP contribution in [-0.2, 0) is 0 Å². The number of alkyl halides is 2. The largest absolute Gasteiger partial charge is 0.248 e. The van der Waals surface area contributed by atoms with Gasteiger partial charge in [0.05, 0.1) is 0 Å². The zero-order valence-corrected chi connectivity index (χ0v) is 7.99. The molecule has 1 unspecified atom stereocenters. The van der Waals surface area contributed by atoms with Gasteiger partial charge in [0.2, 0.25) is 0 Å². The summed E-state index contributed by atoms with van der Waals surface area (Å²) in [7, 11) is 0. The first-order chi connectivity index (χ1) is 5.81. The van der Waals surface area contributed by atoms with Crippen LogP contribution in [0.4, 0.5) is 8.78 Å². The molecule has 0 saturated heterocycles. The van der Waals surface area contributed by atoms with E-state index < -0.39 is 12.8 Å². The average molecular weight is 178 g/mol. The third-order valence-corrected chi connectivity index (χ3v) is 2.04. The summed E-state index contributed by atoms with van der Waals surface area (Å²) < 4.78 is 24.0. The van der Waals surface area contributed by atoms with E-state index in [1.807, 2.05) is 0 Å². The van der Waals surface area contributed by atoms with Gasteiger partial charge in [0, 0.05) is 0 Å². The Kier molecular flexibility index (Phi) is 8.85. The van der Waals surface area contributed by atoms with Gasteiger partial charge in [-0.25, -0.2) is 8.78 Å². The normalized spacial score (nSPS) is 13.2. The molecule has 0 fully saturated rings. The highest BCUT2D eigenvalue weighted by Crippen LogP contribution is 2.10. The highest BCUT2D eigenvalue weighted by atomic mass is 19.2. The van der Waals surface area contributed by atoms with Crippen molar-refractivity contribution >= 4 is 0 Å². The Morgan fingerprint density at radius 2 is 1.58 bits per heavy atom. The van der Waals surface area contributed by atoms with Crippen LogP contribution in [0.1, 0.15) is 51.9 Å². The third kappa shape index (κ3) is 7.96. The fourth-order valence-corrected chi connectivity index (χ4v) is 1.22. The fourth-order valence-electron chi connectivity index (χ4n) is 1.22. The van der Waals surface area contributed by atoms with Gasteiger partial charge in [-0.05, 0) is 6.42 Å². The molecule has 0 spiro atoms. The van der Waals surface area contributed by atoms with E-state index in [1.54, 1.807) is 0 Å². The second kappa shape index (κ2) is 8.95. The quantitative estimate of drug-likeness (QED) is 0.492. The average Bonchev–Trinajstić information content (AvgIpc) is 2.10. The molecule has 2 heteroatoms. The van der Waals surface area contributed by atoms with Gasteiger partial charge in [0.25, 0.3) is 0 Å². The van der Waals surface area contributed by atoms with E-state index in [0.717, 1.165) is 12.8 Å². The molecule has 0 bridgehead atoms. The first-order valence-corrected chi connectivity index (χ1v) is 5.01. The van der Waals surface area contributed by atoms with E-state index in [4.69, 9.17) is 0 Å². The summed E-state index contributed by atoms with van der Waals surface area (Å²) in [4.78, 5) is 0. The lowest BCUT2D eigenvalue weighted by atomic mass is 10.1. The molecule has 0 aromatic rings. The minimum Gasteiger partial charge on any atom is -0.248 e. The summed E-state index contributed by atoms with van der Waals surface area (Å²) in [6, 6.07) is 0. The summed E-state index contributed by atoms with van der Waals surface area (Å²) in [5, 5.41) is 0. The van der Waals surface area contributed by atoms with Crippen molar-refractivity contribution in [2.24, 2.45) is 0 Å². The molecule has 0 N–H and O–H groups in total. The van der Waals surface area contributed by atoms with E-state index in [9.17, 15) is 8.78 Å². The van der Waals surface area contributed by atoms with E-state index >= 15 is 0 Å². The van der Waals surface area contributed by atoms with Crippen molar-refractivity contribution < 1.29 is 8.78 Å². The minimum atomic E-state index is -1.21. The van der Waals surface area contributed by atoms with Crippen LogP contribution >= 0.6 is 0 Å². The Balaban J connectivity index is 2.90. The van der Waals surface area contributed by atoms with E-state index in [-0.39, 0.29) is 0 Å². The fraction of sp³-hybridized carbons (Fsp3) is 1.00. The Hall–Kier alpha value is -0.140. The maximum atomic E-state index is 12.3. The van der Waals surface area contributed by atoms with Crippen molar-refractivity contribution in [3.05, 3.63) is 0 Å². The van der Waals surface area contributed by atoms with Gasteiger partial charge in [0.15, 0.2) is 0 Å². The Bertz CT molecular complexity index is 83.9. The molecule has 12 heavy (non-hydrogen) atoms. The summed E-state index contributed by atoms with van der Waals surface area (Å²) in [6.45, 7) is 1.36. The van der Waals surface area contributed by atoms with E-state index in [1.165, 1.54) is 25.7 Å². The molecule has 0 aliphatic rings. The van der Waals surface area contributed by atoms with Crippen LogP contribution in [0.2, 0.25) is 0 Å². The lowest BCUT2D eigenvalue weighted by molar-refractivity contribution is 0.241. The van der Waals surface area contributed by atoms with Crippen molar-refractivity contribution in [1.29, 1.82) is 0 Å². The summed E-state index contributed by atoms with van der Waals surface area (Å²) >= 11 is 0. The van der Waals surface area contributed by atoms with E-state index in [0.29, 0.717) is 6.42 Å². The topological polar surface area (TPSA) is 0 Å². The van der Waals surface area contributed by atoms with Gasteiger partial charge in [-0.2, -0.15) is 0 Å². The summed E-state index contributed by atoms with van der Waals surface area (Å²) in [5.74, 6) is 0. The molecule has 74 valence electrons. The molecule has 1 atom stereocenters. The summed E-state index contributed by atoms with van der Waals surface area (Å²) in [6.07, 6.45) is 6.00. The third-order valence-electron chi connectivity index (χ3n) is 2.04. The molecule has 0 radical (unpaired) electrons. The molecule has 0 aliphatic heterocycles. The van der Waals surface area contributed by atoms with Crippen LogP contribution < -0.4 is 0 Å². The molecule has 0 aromatic carbocycles. The van der Waals surface area contributed by atoms with Crippen molar-refractivity contribution in [3.63, 3.8) is 0 Å². The number of unbranched alkanes of at least 4 members (excludes halogenated alkanes) is 5. The van der Waals surface area contributed by atoms with Gasteiger partial charge >= 0.3 is 0 Å². The smallest absolute Gasteiger partial charge is 0.128 e. The number of hydrogen-bond acceptors (Lipinski definition) is 0. The second-order valence-corrected chi connectivity index (χ2v) is 3.31. The maximum absolute atomic E-state index is 12.3. The zero-order valence-electron chi connectivity index (χ0n) is 7.99. The summed E-state index contributed by atoms with van der Waals surface area (Å²) in [5.41, 5.74) is 0. The first kappa shape index (κ1) is 11.9. The van der Waals surface area contributed by atoms with Crippen LogP contribution in [-0.4, -0.2) is 12.8 Å². The highest BCUT2D eigenvalue weighted by Gasteiger charge is 2.03. The van der Waals surface area contributed by atoms with Gasteiger partial charge in [-0.3, -0.25) is 0 Å². The van der Waals surface area contributed by atoms with Gasteiger partial charge in [-0.1, -0.05) is 45.4 Å². The van der Waals surface area contributed by atoms with E-state index in [2.05, 4.69) is 6.92 Å². The Morgan fingerprint density at radius 1 is 1.00 bits per heavy atom. The van der Waals surface area contributed by atoms with Gasteiger partial charge in [-0.15, -0.1) is 0 Å². The predicted molar refractivity (Wildman–Crippen MR) is 48.9 cm³/mol. The Morgan fingerprint density at radius 3 is 2.17 bits per heavy atom. The predicted octanol–water partition coefficient (Wildman–Crippen LogP) is 4.04. The SMILES string of the molecule is CCCCCCCCC(F)CF. The number of halogens is 2. The zero-order chi connectivity index (χ0) is 9.23. The molecule has 0 saturated carbocycles. The minimum absolute atomic E-state index is 0.405. The highest BCUT2D eigenvalue weighted by molar-refractivity contribution is 4.54. The van der Waals surface area contributed by atoms with Crippen LogP contribution in [0.25, 0.3) is 0 Å². The van der Waals surface area contributed by atoms with Crippen molar-refractivity contribution in [1.82, 2.24) is 0 Å². The number of rotatable bonds is 8. The molecule has 0 amide bonds. The van der Waals surface area contributed by atoms with Gasteiger partial charge < -0.3 is 0 Å². The molecular weight excluding hydrogens is 158 g/mol.